The molecular weight excluding hydrogens is 224 g/mol. The van der Waals surface area contributed by atoms with Crippen molar-refractivity contribution in [1.82, 2.24) is 0 Å². The second-order valence-corrected chi connectivity index (χ2v) is 1.20. The molecule has 44 valence electrons. The second-order valence-electron chi connectivity index (χ2n) is 0.231. The van der Waals surface area contributed by atoms with Gasteiger partial charge in [-0.05, 0) is 0 Å². The average Bonchev–Trinajstić information content (AvgIpc) is 0.811. The van der Waals surface area contributed by atoms with Crippen LogP contribution in [-0.4, -0.2) is 33.8 Å². The zero-order valence-electron chi connectivity index (χ0n) is 3.42. The third-order valence-corrected chi connectivity index (χ3v) is 0. The summed E-state index contributed by atoms with van der Waals surface area (Å²) >= 11 is -3.29. The molecule has 0 bridgehead atoms. The van der Waals surface area contributed by atoms with E-state index < -0.39 is 14.5 Å². The van der Waals surface area contributed by atoms with Crippen LogP contribution in [0.25, 0.3) is 0 Å². The Labute approximate surface area is 57.5 Å². The Bertz CT molecular complexity index is 31.1. The molecule has 0 saturated carbocycles. The first kappa shape index (κ1) is 25.0. The van der Waals surface area contributed by atoms with Crippen LogP contribution in [0.4, 0.5) is 0 Å². The molecule has 0 atom stereocenters. The topological polar surface area (TPSA) is 121 Å². The molecule has 0 aromatic rings. The summed E-state index contributed by atoms with van der Waals surface area (Å²) in [4.78, 5) is 0. The summed E-state index contributed by atoms with van der Waals surface area (Å²) < 4.78 is 23.1. The fourth-order valence-corrected chi connectivity index (χ4v) is 0. The van der Waals surface area contributed by atoms with E-state index in [0.29, 0.717) is 0 Å². The van der Waals surface area contributed by atoms with Crippen LogP contribution >= 0.6 is 0 Å². The molecule has 5 nitrogen and oxygen atoms in total. The Hall–Kier alpha value is 0.783. The van der Waals surface area contributed by atoms with Gasteiger partial charge in [-0.2, -0.15) is 0 Å². The first-order valence-electron chi connectivity index (χ1n) is 0.532. The van der Waals surface area contributed by atoms with Gasteiger partial charge in [0.05, 0.1) is 0 Å². The Balaban J connectivity index is -0.0000000150. The summed E-state index contributed by atoms with van der Waals surface area (Å²) in [5.41, 5.74) is 0. The number of hydrogen-bond donors (Lipinski definition) is 2. The van der Waals surface area contributed by atoms with Gasteiger partial charge < -0.3 is 11.0 Å². The molecule has 0 unspecified atom stereocenters. The monoisotopic (exact) mass is 230 g/mol. The maximum atomic E-state index is 8.76. The Morgan fingerprint density at radius 3 is 1.14 bits per heavy atom. The summed E-state index contributed by atoms with van der Waals surface area (Å²) in [6.45, 7) is 0. The largest absolute Gasteiger partial charge is 0 e. The van der Waals surface area contributed by atoms with Gasteiger partial charge in [0, 0.05) is 19.5 Å². The first-order valence-corrected chi connectivity index (χ1v) is 2.76. The number of hydrogen-bond acceptors (Lipinski definition) is 1. The van der Waals surface area contributed by atoms with Gasteiger partial charge in [0.1, 0.15) is 0 Å². The van der Waals surface area contributed by atoms with E-state index in [1.54, 1.807) is 0 Å². The molecule has 0 aromatic heterocycles. The molecule has 0 fully saturated rings. The normalized spacial score (nSPS) is 5.00. The van der Waals surface area contributed by atoms with Crippen LogP contribution in [0.2, 0.25) is 0 Å². The van der Waals surface area contributed by atoms with E-state index in [9.17, 15) is 0 Å². The third kappa shape index (κ3) is 253. The minimum atomic E-state index is -3.29. The Morgan fingerprint density at radius 2 is 1.14 bits per heavy atom. The van der Waals surface area contributed by atoms with Gasteiger partial charge in [-0.25, -0.2) is 0 Å². The quantitative estimate of drug-likeness (QED) is 0.425. The van der Waals surface area contributed by atoms with E-state index in [1.807, 2.05) is 0 Å². The van der Waals surface area contributed by atoms with Gasteiger partial charge in [0.2, 0.25) is 0 Å². The SMILES string of the molecule is O.O.O=[Se](O)O.[Zn]. The van der Waals surface area contributed by atoms with Crippen molar-refractivity contribution in [2.24, 2.45) is 0 Å². The molecule has 0 amide bonds. The van der Waals surface area contributed by atoms with Crippen molar-refractivity contribution in [3.63, 3.8) is 0 Å². The Kier molecular flexibility index (Phi) is 56.7. The standard InChI is InChI=1S/H2O3Se.2H2O.Zn/c1-4(2)3;;;/h(H2,1,2,3);2*1H2;. The molecular formula is H6O5SeZn. The molecule has 0 aliphatic heterocycles. The van der Waals surface area contributed by atoms with Crippen LogP contribution in [0, 0.1) is 0 Å². The Morgan fingerprint density at radius 1 is 1.14 bits per heavy atom. The average molecular weight is 230 g/mol. The van der Waals surface area contributed by atoms with Crippen molar-refractivity contribution >= 4 is 14.5 Å². The van der Waals surface area contributed by atoms with Crippen LogP contribution < -0.4 is 0 Å². The second kappa shape index (κ2) is 15.9. The molecule has 6 N–H and O–H groups in total. The van der Waals surface area contributed by atoms with E-state index in [-0.39, 0.29) is 30.4 Å². The summed E-state index contributed by atoms with van der Waals surface area (Å²) in [5.74, 6) is 0. The van der Waals surface area contributed by atoms with E-state index in [4.69, 9.17) is 12.2 Å². The van der Waals surface area contributed by atoms with Gasteiger partial charge in [-0.1, -0.05) is 0 Å². The van der Waals surface area contributed by atoms with Gasteiger partial charge >= 0.3 is 26.7 Å². The zero-order valence-corrected chi connectivity index (χ0v) is 8.10. The van der Waals surface area contributed by atoms with Crippen molar-refractivity contribution in [1.29, 1.82) is 0 Å². The fourth-order valence-electron chi connectivity index (χ4n) is 0. The van der Waals surface area contributed by atoms with Gasteiger partial charge in [-0.15, -0.1) is 0 Å². The maximum Gasteiger partial charge on any atom is 0 e. The van der Waals surface area contributed by atoms with Crippen LogP contribution in [0.1, 0.15) is 0 Å². The van der Waals surface area contributed by atoms with Gasteiger partial charge in [0.25, 0.3) is 0 Å². The molecule has 0 spiro atoms. The molecule has 7 heavy (non-hydrogen) atoms. The predicted molar refractivity (Wildman–Crippen MR) is 18.1 cm³/mol. The van der Waals surface area contributed by atoms with Gasteiger partial charge in [-0.3, -0.25) is 0 Å². The van der Waals surface area contributed by atoms with Crippen LogP contribution in [0.5, 0.6) is 0 Å². The van der Waals surface area contributed by atoms with E-state index >= 15 is 0 Å². The maximum absolute atomic E-state index is 8.76. The van der Waals surface area contributed by atoms with Crippen LogP contribution in [0.3, 0.4) is 0 Å². The van der Waals surface area contributed by atoms with E-state index in [1.165, 1.54) is 0 Å². The summed E-state index contributed by atoms with van der Waals surface area (Å²) in [6, 6.07) is 0. The molecule has 0 saturated heterocycles. The van der Waals surface area contributed by atoms with Crippen molar-refractivity contribution in [3.05, 3.63) is 0 Å². The van der Waals surface area contributed by atoms with Crippen LogP contribution in [-0.2, 0) is 23.3 Å². The van der Waals surface area contributed by atoms with Crippen LogP contribution in [0.15, 0.2) is 0 Å². The smallest absolute Gasteiger partial charge is 0 e. The minimum Gasteiger partial charge on any atom is 0 e. The summed E-state index contributed by atoms with van der Waals surface area (Å²) in [5, 5.41) is 0. The minimum absolute atomic E-state index is 0. The molecule has 0 rings (SSSR count). The molecule has 0 radical (unpaired) electrons. The fraction of sp³-hybridized carbons (Fsp3) is 0. The molecule has 0 aliphatic rings. The zero-order chi connectivity index (χ0) is 3.58. The first-order chi connectivity index (χ1) is 1.73. The number of rotatable bonds is 0. The predicted octanol–water partition coefficient (Wildman–Crippen LogP) is -3.27. The molecule has 0 heterocycles. The van der Waals surface area contributed by atoms with Crippen molar-refractivity contribution in [3.8, 4) is 0 Å². The van der Waals surface area contributed by atoms with E-state index in [0.717, 1.165) is 0 Å². The van der Waals surface area contributed by atoms with Crippen molar-refractivity contribution < 1.29 is 42.6 Å². The van der Waals surface area contributed by atoms with Crippen molar-refractivity contribution in [2.75, 3.05) is 0 Å². The molecule has 0 aromatic carbocycles. The van der Waals surface area contributed by atoms with Crippen molar-refractivity contribution in [2.45, 2.75) is 0 Å². The molecule has 7 heteroatoms. The van der Waals surface area contributed by atoms with E-state index in [2.05, 4.69) is 0 Å². The molecule has 0 aliphatic carbocycles. The third-order valence-electron chi connectivity index (χ3n) is 0. The van der Waals surface area contributed by atoms with Gasteiger partial charge in [0.15, 0.2) is 0 Å². The summed E-state index contributed by atoms with van der Waals surface area (Å²) in [6.07, 6.45) is 0. The summed E-state index contributed by atoms with van der Waals surface area (Å²) in [7, 11) is 0.